The molecule has 2 heterocycles. The molecule has 2 aliphatic rings. The first-order chi connectivity index (χ1) is 9.69. The highest BCUT2D eigenvalue weighted by Gasteiger charge is 2.40. The Labute approximate surface area is 126 Å². The van der Waals surface area contributed by atoms with Gasteiger partial charge in [-0.25, -0.2) is 0 Å². The first-order valence-electron chi connectivity index (χ1n) is 7.72. The number of aryl methyl sites for hydroxylation is 1. The molecule has 0 radical (unpaired) electrons. The van der Waals surface area contributed by atoms with Crippen molar-refractivity contribution < 1.29 is 4.74 Å². The number of nitrogens with two attached hydrogens (primary N) is 1. The van der Waals surface area contributed by atoms with Gasteiger partial charge in [-0.05, 0) is 55.6 Å². The molecule has 1 spiro atoms. The minimum Gasteiger partial charge on any atom is -0.375 e. The standard InChI is InChI=1S/C17H25NOS/c1-13-3-2-4-14(11-13)16(18)15-5-8-19-17(12-15)6-9-20-10-7-17/h2-4,11,15-16H,5-10,12,18H2,1H3. The van der Waals surface area contributed by atoms with Gasteiger partial charge in [0.1, 0.15) is 0 Å². The summed E-state index contributed by atoms with van der Waals surface area (Å²) in [5.74, 6) is 3.05. The molecule has 0 bridgehead atoms. The lowest BCUT2D eigenvalue weighted by Crippen LogP contribution is -2.45. The van der Waals surface area contributed by atoms with E-state index in [1.807, 2.05) is 0 Å². The van der Waals surface area contributed by atoms with E-state index in [0.717, 1.165) is 19.4 Å². The minimum absolute atomic E-state index is 0.135. The Morgan fingerprint density at radius 1 is 1.35 bits per heavy atom. The maximum absolute atomic E-state index is 6.57. The molecule has 2 nitrogen and oxygen atoms in total. The molecule has 2 fully saturated rings. The highest BCUT2D eigenvalue weighted by atomic mass is 32.2. The number of thioether (sulfide) groups is 1. The van der Waals surface area contributed by atoms with E-state index in [4.69, 9.17) is 10.5 Å². The van der Waals surface area contributed by atoms with Gasteiger partial charge >= 0.3 is 0 Å². The maximum atomic E-state index is 6.57. The van der Waals surface area contributed by atoms with E-state index in [2.05, 4.69) is 43.0 Å². The highest BCUT2D eigenvalue weighted by molar-refractivity contribution is 7.99. The van der Waals surface area contributed by atoms with E-state index >= 15 is 0 Å². The molecule has 0 saturated carbocycles. The van der Waals surface area contributed by atoms with E-state index in [1.165, 1.54) is 35.5 Å². The van der Waals surface area contributed by atoms with Gasteiger partial charge in [-0.1, -0.05) is 29.8 Å². The van der Waals surface area contributed by atoms with E-state index < -0.39 is 0 Å². The van der Waals surface area contributed by atoms with Crippen LogP contribution in [0.2, 0.25) is 0 Å². The fourth-order valence-corrected chi connectivity index (χ4v) is 4.85. The van der Waals surface area contributed by atoms with Crippen LogP contribution in [0.1, 0.15) is 42.9 Å². The van der Waals surface area contributed by atoms with Crippen LogP contribution in [0, 0.1) is 12.8 Å². The van der Waals surface area contributed by atoms with Crippen molar-refractivity contribution in [1.29, 1.82) is 0 Å². The molecular formula is C17H25NOS. The normalized spacial score (nSPS) is 27.4. The van der Waals surface area contributed by atoms with Gasteiger partial charge in [0.15, 0.2) is 0 Å². The third-order valence-corrected chi connectivity index (χ3v) is 5.86. The summed E-state index contributed by atoms with van der Waals surface area (Å²) in [5.41, 5.74) is 9.29. The van der Waals surface area contributed by atoms with E-state index in [9.17, 15) is 0 Å². The van der Waals surface area contributed by atoms with Crippen molar-refractivity contribution in [2.45, 2.75) is 44.2 Å². The van der Waals surface area contributed by atoms with Crippen molar-refractivity contribution in [1.82, 2.24) is 0 Å². The molecule has 3 rings (SSSR count). The SMILES string of the molecule is Cc1cccc(C(N)C2CCOC3(CCSCC3)C2)c1. The molecule has 2 unspecified atom stereocenters. The Hall–Kier alpha value is -0.510. The summed E-state index contributed by atoms with van der Waals surface area (Å²) in [6.45, 7) is 3.02. The van der Waals surface area contributed by atoms with Gasteiger partial charge in [-0.3, -0.25) is 0 Å². The molecule has 0 aromatic heterocycles. The zero-order valence-corrected chi connectivity index (χ0v) is 13.1. The van der Waals surface area contributed by atoms with Gasteiger partial charge in [0, 0.05) is 12.6 Å². The Bertz CT molecular complexity index is 451. The number of hydrogen-bond acceptors (Lipinski definition) is 3. The summed E-state index contributed by atoms with van der Waals surface area (Å²) in [5, 5.41) is 0. The van der Waals surface area contributed by atoms with Crippen molar-refractivity contribution in [3.63, 3.8) is 0 Å². The van der Waals surface area contributed by atoms with Crippen LogP contribution in [0.3, 0.4) is 0 Å². The second-order valence-corrected chi connectivity index (χ2v) is 7.56. The summed E-state index contributed by atoms with van der Waals surface area (Å²) >= 11 is 2.06. The number of hydrogen-bond donors (Lipinski definition) is 1. The van der Waals surface area contributed by atoms with E-state index in [1.54, 1.807) is 0 Å². The average Bonchev–Trinajstić information content (AvgIpc) is 2.47. The summed E-state index contributed by atoms with van der Waals surface area (Å²) in [7, 11) is 0. The fraction of sp³-hybridized carbons (Fsp3) is 0.647. The van der Waals surface area contributed by atoms with Gasteiger partial charge in [-0.2, -0.15) is 11.8 Å². The molecular weight excluding hydrogens is 266 g/mol. The van der Waals surface area contributed by atoms with E-state index in [0.29, 0.717) is 5.92 Å². The quantitative estimate of drug-likeness (QED) is 0.902. The lowest BCUT2D eigenvalue weighted by atomic mass is 9.77. The van der Waals surface area contributed by atoms with Crippen molar-refractivity contribution in [2.75, 3.05) is 18.1 Å². The molecule has 20 heavy (non-hydrogen) atoms. The number of ether oxygens (including phenoxy) is 1. The first-order valence-corrected chi connectivity index (χ1v) is 8.88. The molecule has 3 heteroatoms. The Kier molecular flexibility index (Phi) is 4.39. The smallest absolute Gasteiger partial charge is 0.0701 e. The lowest BCUT2D eigenvalue weighted by molar-refractivity contribution is -0.105. The summed E-state index contributed by atoms with van der Waals surface area (Å²) in [6.07, 6.45) is 4.65. The van der Waals surface area contributed by atoms with E-state index in [-0.39, 0.29) is 11.6 Å². The minimum atomic E-state index is 0.135. The first kappa shape index (κ1) is 14.4. The monoisotopic (exact) mass is 291 g/mol. The highest BCUT2D eigenvalue weighted by Crippen LogP contribution is 2.42. The largest absolute Gasteiger partial charge is 0.375 e. The molecule has 1 aromatic carbocycles. The maximum Gasteiger partial charge on any atom is 0.0701 e. The lowest BCUT2D eigenvalue weighted by Gasteiger charge is -2.44. The van der Waals surface area contributed by atoms with Crippen LogP contribution < -0.4 is 5.73 Å². The summed E-state index contributed by atoms with van der Waals surface area (Å²) in [4.78, 5) is 0. The zero-order valence-electron chi connectivity index (χ0n) is 12.3. The van der Waals surface area contributed by atoms with Crippen molar-refractivity contribution in [3.8, 4) is 0 Å². The Morgan fingerprint density at radius 3 is 2.90 bits per heavy atom. The molecule has 110 valence electrons. The molecule has 2 N–H and O–H groups in total. The second kappa shape index (κ2) is 6.08. The molecule has 1 aromatic rings. The van der Waals surface area contributed by atoms with Crippen LogP contribution in [-0.4, -0.2) is 23.7 Å². The molecule has 2 saturated heterocycles. The second-order valence-electron chi connectivity index (χ2n) is 6.34. The van der Waals surface area contributed by atoms with Gasteiger partial charge in [0.2, 0.25) is 0 Å². The molecule has 0 aliphatic carbocycles. The average molecular weight is 291 g/mol. The summed E-state index contributed by atoms with van der Waals surface area (Å²) < 4.78 is 6.18. The van der Waals surface area contributed by atoms with Gasteiger partial charge in [0.05, 0.1) is 5.60 Å². The third kappa shape index (κ3) is 3.05. The number of rotatable bonds is 2. The molecule has 2 atom stereocenters. The summed E-state index contributed by atoms with van der Waals surface area (Å²) in [6, 6.07) is 8.84. The van der Waals surface area contributed by atoms with Crippen LogP contribution in [0.25, 0.3) is 0 Å². The van der Waals surface area contributed by atoms with Crippen LogP contribution >= 0.6 is 11.8 Å². The predicted octanol–water partition coefficient (Wildman–Crippen LogP) is 3.69. The van der Waals surface area contributed by atoms with Crippen molar-refractivity contribution >= 4 is 11.8 Å². The van der Waals surface area contributed by atoms with Gasteiger partial charge in [-0.15, -0.1) is 0 Å². The van der Waals surface area contributed by atoms with Crippen LogP contribution in [0.5, 0.6) is 0 Å². The van der Waals surface area contributed by atoms with Crippen molar-refractivity contribution in [2.24, 2.45) is 11.7 Å². The Balaban J connectivity index is 1.73. The van der Waals surface area contributed by atoms with Crippen LogP contribution in [-0.2, 0) is 4.74 Å². The number of benzene rings is 1. The van der Waals surface area contributed by atoms with Crippen molar-refractivity contribution in [3.05, 3.63) is 35.4 Å². The predicted molar refractivity (Wildman–Crippen MR) is 86.1 cm³/mol. The van der Waals surface area contributed by atoms with Crippen LogP contribution in [0.15, 0.2) is 24.3 Å². The Morgan fingerprint density at radius 2 is 2.15 bits per heavy atom. The van der Waals surface area contributed by atoms with Crippen LogP contribution in [0.4, 0.5) is 0 Å². The third-order valence-electron chi connectivity index (χ3n) is 4.87. The van der Waals surface area contributed by atoms with Gasteiger partial charge < -0.3 is 10.5 Å². The van der Waals surface area contributed by atoms with Gasteiger partial charge in [0.25, 0.3) is 0 Å². The fourth-order valence-electron chi connectivity index (χ4n) is 3.61. The molecule has 2 aliphatic heterocycles. The topological polar surface area (TPSA) is 35.2 Å². The zero-order chi connectivity index (χ0) is 14.0. The molecule has 0 amide bonds.